The van der Waals surface area contributed by atoms with Gasteiger partial charge >= 0.3 is 0 Å². The summed E-state index contributed by atoms with van der Waals surface area (Å²) >= 11 is 29.4. The molecule has 0 spiro atoms. The molecule has 6 rings (SSSR count). The number of pyridine rings is 1. The highest BCUT2D eigenvalue weighted by atomic mass is 79.9. The third-order valence-electron chi connectivity index (χ3n) is 5.59. The molecule has 0 fully saturated rings. The van der Waals surface area contributed by atoms with Crippen LogP contribution in [0.3, 0.4) is 0 Å². The molecule has 13 heteroatoms. The van der Waals surface area contributed by atoms with Gasteiger partial charge in [-0.15, -0.1) is 10.2 Å². The summed E-state index contributed by atoms with van der Waals surface area (Å²) < 4.78 is 22.6. The Morgan fingerprint density at radius 2 is 1.74 bits per heavy atom. The molecule has 38 heavy (non-hydrogen) atoms. The number of hydrogen-bond acceptors (Lipinski definition) is 6. The molecule has 0 bridgehead atoms. The molecule has 3 heterocycles. The Morgan fingerprint density at radius 3 is 2.55 bits per heavy atom. The molecule has 6 aromatic rings. The first kappa shape index (κ1) is 25.7. The van der Waals surface area contributed by atoms with Crippen LogP contribution in [0.25, 0.3) is 37.7 Å². The van der Waals surface area contributed by atoms with E-state index in [0.717, 1.165) is 15.4 Å². The topological polar surface area (TPSA) is 65.2 Å². The molecule has 0 aliphatic carbocycles. The fourth-order valence-corrected chi connectivity index (χ4v) is 6.02. The lowest BCUT2D eigenvalue weighted by atomic mass is 10.0. The summed E-state index contributed by atoms with van der Waals surface area (Å²) in [6.07, 6.45) is 0. The van der Waals surface area contributed by atoms with E-state index in [9.17, 15) is 4.39 Å². The zero-order chi connectivity index (χ0) is 26.6. The fraction of sp³-hybridized carbons (Fsp3) is 0.0400. The molecule has 6 nitrogen and oxygen atoms in total. The van der Waals surface area contributed by atoms with Gasteiger partial charge in [-0.1, -0.05) is 73.7 Å². The lowest BCUT2D eigenvalue weighted by Gasteiger charge is -2.10. The van der Waals surface area contributed by atoms with Crippen LogP contribution in [0.5, 0.6) is 5.75 Å². The van der Waals surface area contributed by atoms with Gasteiger partial charge in [0.05, 0.1) is 26.3 Å². The largest absolute Gasteiger partial charge is 0.484 e. The second kappa shape index (κ2) is 10.2. The molecule has 0 N–H and O–H groups in total. The van der Waals surface area contributed by atoms with Crippen LogP contribution in [0.15, 0.2) is 59.1 Å². The number of hydrogen-bond donors (Lipinski definition) is 0. The van der Waals surface area contributed by atoms with Crippen molar-refractivity contribution in [1.29, 1.82) is 0 Å². The van der Waals surface area contributed by atoms with Crippen LogP contribution in [0.4, 0.5) is 4.39 Å². The van der Waals surface area contributed by atoms with E-state index in [2.05, 4.69) is 26.1 Å². The normalized spacial score (nSPS) is 11.5. The minimum absolute atomic E-state index is 0.0630. The molecule has 0 aliphatic rings. The van der Waals surface area contributed by atoms with Gasteiger partial charge in [0.25, 0.3) is 0 Å². The standard InChI is InChI=1S/C25H11BrCl4FN5OS/c26-11-1-3-20-13(5-11)14(8-21(32-20)15-7-19(31)17(29)9-16(15)28)24-35-36-23(33-34-25(36)38-24)10-37-22-4-2-12(27)6-18(22)30/h1-9H,10H2. The van der Waals surface area contributed by atoms with Crippen LogP contribution in [0.1, 0.15) is 5.82 Å². The summed E-state index contributed by atoms with van der Waals surface area (Å²) in [6.45, 7) is 0.0826. The zero-order valence-corrected chi connectivity index (χ0v) is 24.1. The van der Waals surface area contributed by atoms with Gasteiger partial charge in [0, 0.05) is 26.0 Å². The van der Waals surface area contributed by atoms with Crippen LogP contribution in [-0.2, 0) is 6.61 Å². The first-order valence-electron chi connectivity index (χ1n) is 10.8. The number of ether oxygens (including phenoxy) is 1. The Hall–Kier alpha value is -2.53. The van der Waals surface area contributed by atoms with E-state index >= 15 is 0 Å². The molecule has 0 radical (unpaired) electrons. The second-order valence-corrected chi connectivity index (χ2v) is 11.6. The molecule has 0 saturated carbocycles. The monoisotopic (exact) mass is 667 g/mol. The van der Waals surface area contributed by atoms with E-state index in [4.69, 9.17) is 61.2 Å². The highest BCUT2D eigenvalue weighted by Gasteiger charge is 2.19. The van der Waals surface area contributed by atoms with Gasteiger partial charge in [-0.3, -0.25) is 0 Å². The van der Waals surface area contributed by atoms with Gasteiger partial charge in [-0.25, -0.2) is 9.37 Å². The van der Waals surface area contributed by atoms with Gasteiger partial charge in [0.1, 0.15) is 23.2 Å². The van der Waals surface area contributed by atoms with Crippen molar-refractivity contribution in [2.75, 3.05) is 0 Å². The maximum absolute atomic E-state index is 14.3. The lowest BCUT2D eigenvalue weighted by molar-refractivity contribution is 0.293. The quantitative estimate of drug-likeness (QED) is 0.171. The Morgan fingerprint density at radius 1 is 0.895 bits per heavy atom. The third-order valence-corrected chi connectivity index (χ3v) is 8.15. The van der Waals surface area contributed by atoms with E-state index in [-0.39, 0.29) is 16.7 Å². The van der Waals surface area contributed by atoms with Gasteiger partial charge in [0.15, 0.2) is 5.82 Å². The molecule has 3 aromatic heterocycles. The van der Waals surface area contributed by atoms with E-state index < -0.39 is 5.82 Å². The van der Waals surface area contributed by atoms with Gasteiger partial charge < -0.3 is 4.74 Å². The van der Waals surface area contributed by atoms with Crippen molar-refractivity contribution < 1.29 is 9.13 Å². The minimum Gasteiger partial charge on any atom is -0.484 e. The maximum atomic E-state index is 14.3. The van der Waals surface area contributed by atoms with Crippen molar-refractivity contribution in [3.63, 3.8) is 0 Å². The van der Waals surface area contributed by atoms with Crippen molar-refractivity contribution in [1.82, 2.24) is 24.8 Å². The maximum Gasteiger partial charge on any atom is 0.235 e. The average Bonchev–Trinajstić information content (AvgIpc) is 3.46. The predicted octanol–water partition coefficient (Wildman–Crippen LogP) is 9.16. The summed E-state index contributed by atoms with van der Waals surface area (Å²) in [5.41, 5.74) is 2.33. The Balaban J connectivity index is 1.44. The Bertz CT molecular complexity index is 1880. The van der Waals surface area contributed by atoms with Crippen molar-refractivity contribution in [2.45, 2.75) is 6.61 Å². The molecular formula is C25H11BrCl4FN5OS. The minimum atomic E-state index is -0.588. The third kappa shape index (κ3) is 4.83. The smallest absolute Gasteiger partial charge is 0.235 e. The summed E-state index contributed by atoms with van der Waals surface area (Å²) in [4.78, 5) is 5.29. The number of aromatic nitrogens is 5. The number of halogens is 6. The second-order valence-electron chi connectivity index (χ2n) is 8.04. The fourth-order valence-electron chi connectivity index (χ4n) is 3.82. The van der Waals surface area contributed by atoms with Gasteiger partial charge in [-0.2, -0.15) is 9.61 Å². The zero-order valence-electron chi connectivity index (χ0n) is 18.7. The van der Waals surface area contributed by atoms with Crippen molar-refractivity contribution in [2.24, 2.45) is 0 Å². The van der Waals surface area contributed by atoms with E-state index in [0.29, 0.717) is 48.4 Å². The van der Waals surface area contributed by atoms with Gasteiger partial charge in [0.2, 0.25) is 4.96 Å². The van der Waals surface area contributed by atoms with Crippen LogP contribution < -0.4 is 4.74 Å². The molecule has 0 atom stereocenters. The van der Waals surface area contributed by atoms with Crippen LogP contribution in [0.2, 0.25) is 20.1 Å². The first-order chi connectivity index (χ1) is 18.3. The van der Waals surface area contributed by atoms with Crippen LogP contribution >= 0.6 is 73.7 Å². The molecule has 190 valence electrons. The van der Waals surface area contributed by atoms with Crippen molar-refractivity contribution in [3.8, 4) is 27.6 Å². The Kier molecular flexibility index (Phi) is 6.92. The van der Waals surface area contributed by atoms with Crippen molar-refractivity contribution >= 4 is 89.5 Å². The molecule has 0 amide bonds. The van der Waals surface area contributed by atoms with E-state index in [1.54, 1.807) is 22.7 Å². The molecule has 3 aromatic carbocycles. The van der Waals surface area contributed by atoms with E-state index in [1.165, 1.54) is 23.5 Å². The number of rotatable bonds is 5. The number of nitrogens with zero attached hydrogens (tertiary/aromatic N) is 5. The van der Waals surface area contributed by atoms with Gasteiger partial charge in [-0.05, 0) is 54.6 Å². The Labute approximate surface area is 247 Å². The molecule has 0 saturated heterocycles. The molecular weight excluding hydrogens is 659 g/mol. The summed E-state index contributed by atoms with van der Waals surface area (Å²) in [5.74, 6) is 0.357. The van der Waals surface area contributed by atoms with Crippen LogP contribution in [-0.4, -0.2) is 24.8 Å². The number of fused-ring (bicyclic) bond motifs is 2. The van der Waals surface area contributed by atoms with E-state index in [1.807, 2.05) is 24.3 Å². The summed E-state index contributed by atoms with van der Waals surface area (Å²) in [5, 5.41) is 15.8. The van der Waals surface area contributed by atoms with Crippen LogP contribution in [0, 0.1) is 5.82 Å². The van der Waals surface area contributed by atoms with Crippen molar-refractivity contribution in [3.05, 3.63) is 90.8 Å². The lowest BCUT2D eigenvalue weighted by Crippen LogP contribution is -2.02. The molecule has 0 aliphatic heterocycles. The summed E-state index contributed by atoms with van der Waals surface area (Å²) in [6, 6.07) is 15.1. The molecule has 0 unspecified atom stereocenters. The average molecular weight is 670 g/mol. The SMILES string of the molecule is Fc1cc(-c2cc(-c3nn4c(COc5ccc(Cl)cc5Cl)nnc4s3)c3cc(Br)ccc3n2)c(Cl)cc1Cl. The highest BCUT2D eigenvalue weighted by Crippen LogP contribution is 2.38. The predicted molar refractivity (Wildman–Crippen MR) is 153 cm³/mol. The first-order valence-corrected chi connectivity index (χ1v) is 13.9. The number of benzene rings is 3. The highest BCUT2D eigenvalue weighted by molar-refractivity contribution is 9.10. The summed E-state index contributed by atoms with van der Waals surface area (Å²) in [7, 11) is 0.